The topological polar surface area (TPSA) is 132 Å². The molecule has 0 aliphatic carbocycles. The van der Waals surface area contributed by atoms with Crippen LogP contribution in [0.3, 0.4) is 0 Å². The van der Waals surface area contributed by atoms with Crippen molar-refractivity contribution in [2.45, 2.75) is 168 Å². The van der Waals surface area contributed by atoms with Gasteiger partial charge in [0.2, 0.25) is 18.2 Å². The molecule has 3 aromatic carbocycles. The van der Waals surface area contributed by atoms with E-state index in [4.69, 9.17) is 0 Å². The van der Waals surface area contributed by atoms with E-state index >= 15 is 0 Å². The van der Waals surface area contributed by atoms with Gasteiger partial charge in [-0.2, -0.15) is 0 Å². The monoisotopic (exact) mass is 1020 g/mol. The molecule has 0 saturated carbocycles. The highest BCUT2D eigenvalue weighted by Gasteiger charge is 2.43. The van der Waals surface area contributed by atoms with Gasteiger partial charge >= 0.3 is 0 Å². The fraction of sp³-hybridized carbons (Fsp3) is 0.603. The summed E-state index contributed by atoms with van der Waals surface area (Å²) >= 11 is 0. The number of carbonyl (C=O) groups is 7. The molecule has 4 fully saturated rings. The Hall–Kier alpha value is -5.29. The van der Waals surface area contributed by atoms with Crippen LogP contribution >= 0.6 is 0 Å². The Bertz CT molecular complexity index is 1990. The molecule has 4 heterocycles. The van der Waals surface area contributed by atoms with E-state index in [0.717, 1.165) is 110 Å². The molecule has 4 aliphatic heterocycles. The lowest BCUT2D eigenvalue weighted by molar-refractivity contribution is -0.141. The van der Waals surface area contributed by atoms with Gasteiger partial charge in [-0.1, -0.05) is 141 Å². The minimum absolute atomic E-state index is 0. The summed E-state index contributed by atoms with van der Waals surface area (Å²) in [7, 11) is 0. The lowest BCUT2D eigenvalue weighted by atomic mass is 9.74. The molecule has 414 valence electrons. The lowest BCUT2D eigenvalue weighted by Crippen LogP contribution is -2.51. The zero-order valence-corrected chi connectivity index (χ0v) is 43.8. The van der Waals surface area contributed by atoms with Crippen LogP contribution in [0.15, 0.2) is 91.0 Å². The van der Waals surface area contributed by atoms with Gasteiger partial charge in [0.05, 0.1) is 5.54 Å². The molecule has 0 N–H and O–H groups in total. The minimum atomic E-state index is -0.328. The summed E-state index contributed by atoms with van der Waals surface area (Å²) in [6.07, 6.45) is 11.7. The Morgan fingerprint density at radius 1 is 0.432 bits per heavy atom. The first-order valence-corrected chi connectivity index (χ1v) is 26.0. The molecular weight excluding hydrogens is 925 g/mol. The van der Waals surface area contributed by atoms with Crippen molar-refractivity contribution in [1.82, 2.24) is 19.6 Å². The number of likely N-dealkylation sites (tertiary alicyclic amines) is 4. The van der Waals surface area contributed by atoms with Gasteiger partial charge in [0.15, 0.2) is 0 Å². The van der Waals surface area contributed by atoms with E-state index < -0.39 is 0 Å². The van der Waals surface area contributed by atoms with Crippen molar-refractivity contribution in [3.05, 3.63) is 108 Å². The Morgan fingerprint density at radius 2 is 0.703 bits per heavy atom. The molecule has 3 amide bonds. The molecule has 0 unspecified atom stereocenters. The van der Waals surface area contributed by atoms with Crippen LogP contribution in [0, 0.1) is 29.1 Å². The number of piperidine rings is 4. The van der Waals surface area contributed by atoms with E-state index in [0.29, 0.717) is 55.1 Å². The second-order valence-corrected chi connectivity index (χ2v) is 21.4. The average molecular weight is 1030 g/mol. The van der Waals surface area contributed by atoms with E-state index in [2.05, 4.69) is 95.9 Å². The molecule has 11 heteroatoms. The maximum atomic E-state index is 12.0. The number of benzene rings is 3. The van der Waals surface area contributed by atoms with Gasteiger partial charge in [-0.25, -0.2) is 0 Å². The van der Waals surface area contributed by atoms with Crippen LogP contribution in [-0.2, 0) is 39.1 Å². The summed E-state index contributed by atoms with van der Waals surface area (Å²) in [5.74, 6) is 3.50. The summed E-state index contributed by atoms with van der Waals surface area (Å²) in [5, 5.41) is 0. The quantitative estimate of drug-likeness (QED) is 0.122. The fourth-order valence-electron chi connectivity index (χ4n) is 10.7. The van der Waals surface area contributed by atoms with Crippen LogP contribution in [0.5, 0.6) is 0 Å². The van der Waals surface area contributed by atoms with Crippen molar-refractivity contribution in [3.8, 4) is 0 Å². The number of hydrogen-bond donors (Lipinski definition) is 0. The molecule has 4 saturated heterocycles. The third-order valence-electron chi connectivity index (χ3n) is 14.4. The fourth-order valence-corrected chi connectivity index (χ4v) is 10.7. The smallest absolute Gasteiger partial charge is 0.227 e. The number of ketones is 4. The first-order valence-electron chi connectivity index (χ1n) is 26.0. The van der Waals surface area contributed by atoms with Gasteiger partial charge in [0.25, 0.3) is 0 Å². The summed E-state index contributed by atoms with van der Waals surface area (Å²) in [6, 6.07) is 32.6. The van der Waals surface area contributed by atoms with Crippen molar-refractivity contribution in [1.29, 1.82) is 0 Å². The van der Waals surface area contributed by atoms with E-state index in [-0.39, 0.29) is 69.8 Å². The predicted octanol–water partition coefficient (Wildman–Crippen LogP) is 12.5. The first kappa shape index (κ1) is 68.7. The molecule has 0 bridgehead atoms. The number of carbonyl (C=O) groups excluding carboxylic acids is 7. The molecule has 0 aromatic heterocycles. The van der Waals surface area contributed by atoms with Gasteiger partial charge in [-0.3, -0.25) is 19.3 Å². The normalized spacial score (nSPS) is 16.7. The van der Waals surface area contributed by atoms with Crippen LogP contribution in [0.1, 0.15) is 179 Å². The zero-order valence-electron chi connectivity index (χ0n) is 43.8. The van der Waals surface area contributed by atoms with Crippen LogP contribution < -0.4 is 0 Å². The number of Topliss-reactive ketones (excluding diaryl/α,β-unsaturated/α-hetero) is 4. The van der Waals surface area contributed by atoms with Crippen molar-refractivity contribution >= 4 is 41.4 Å². The molecule has 0 atom stereocenters. The molecule has 0 radical (unpaired) electrons. The molecule has 11 nitrogen and oxygen atoms in total. The molecule has 3 aromatic rings. The Kier molecular flexibility index (Phi) is 31.9. The van der Waals surface area contributed by atoms with Crippen LogP contribution in [0.2, 0.25) is 0 Å². The zero-order chi connectivity index (χ0) is 51.3. The average Bonchev–Trinajstić information content (AvgIpc) is 3.33. The summed E-state index contributed by atoms with van der Waals surface area (Å²) in [5.41, 5.74) is 3.27. The maximum absolute atomic E-state index is 12.0. The predicted molar refractivity (Wildman–Crippen MR) is 306 cm³/mol. The van der Waals surface area contributed by atoms with Crippen LogP contribution in [0.25, 0.3) is 0 Å². The molecular formula is C63H100N4O7. The second kappa shape index (κ2) is 34.3. The van der Waals surface area contributed by atoms with Crippen molar-refractivity contribution < 1.29 is 33.6 Å². The summed E-state index contributed by atoms with van der Waals surface area (Å²) < 4.78 is 0. The largest absolute Gasteiger partial charge is 0.345 e. The number of hydrogen-bond acceptors (Lipinski definition) is 8. The third kappa shape index (κ3) is 21.9. The second-order valence-electron chi connectivity index (χ2n) is 21.4. The Morgan fingerprint density at radius 3 is 0.959 bits per heavy atom. The molecule has 0 spiro atoms. The van der Waals surface area contributed by atoms with E-state index in [1.54, 1.807) is 39.5 Å². The van der Waals surface area contributed by atoms with Crippen molar-refractivity contribution in [2.75, 3.05) is 52.4 Å². The number of amides is 3. The van der Waals surface area contributed by atoms with Crippen molar-refractivity contribution in [2.24, 2.45) is 29.1 Å². The van der Waals surface area contributed by atoms with E-state index in [1.807, 2.05) is 30.6 Å². The summed E-state index contributed by atoms with van der Waals surface area (Å²) in [4.78, 5) is 85.8. The summed E-state index contributed by atoms with van der Waals surface area (Å²) in [6.45, 7) is 21.0. The highest BCUT2D eigenvalue weighted by Crippen LogP contribution is 2.44. The van der Waals surface area contributed by atoms with Gasteiger partial charge < -0.3 is 33.9 Å². The first-order chi connectivity index (χ1) is 33.3. The van der Waals surface area contributed by atoms with Gasteiger partial charge in [-0.15, -0.1) is 0 Å². The SMILES string of the molecule is C.C.C.C.CC(=O)CC1CCN(C(=O)C(C)(C)C)CC1.CC(=O)CC1CCN(C(C)=O)CC1.CC(=O)CC1CCN(C(c2ccccc2)(c2ccccc2)c2ccccc2)CC1.CC(=O)CC1CCN(C=O)CC1. The Balaban J connectivity index is 0.00000102. The van der Waals surface area contributed by atoms with E-state index in [1.165, 1.54) is 16.7 Å². The maximum Gasteiger partial charge on any atom is 0.227 e. The Labute approximate surface area is 449 Å². The van der Waals surface area contributed by atoms with Gasteiger partial charge in [-0.05, 0) is 133 Å². The van der Waals surface area contributed by atoms with Crippen molar-refractivity contribution in [3.63, 3.8) is 0 Å². The third-order valence-corrected chi connectivity index (χ3v) is 14.4. The van der Waals surface area contributed by atoms with E-state index in [9.17, 15) is 33.6 Å². The molecule has 4 aliphatic rings. The van der Waals surface area contributed by atoms with Crippen LogP contribution in [-0.4, -0.2) is 113 Å². The highest BCUT2D eigenvalue weighted by atomic mass is 16.2. The molecule has 7 rings (SSSR count). The highest BCUT2D eigenvalue weighted by molar-refractivity contribution is 5.82. The van der Waals surface area contributed by atoms with Crippen LogP contribution in [0.4, 0.5) is 0 Å². The van der Waals surface area contributed by atoms with Gasteiger partial charge in [0, 0.05) is 77.3 Å². The standard InChI is InChI=1S/C27H29NO.C13H23NO2.C10H17NO2.C9H15NO2.4CH4/c1-22(29)21-23-17-19-28(20-18-23)27(24-11-5-2-6-12-24,25-13-7-3-8-14-25)26-15-9-4-10-16-26;1-10(15)9-11-5-7-14(8-6-11)12(16)13(2,3)4;1-8(12)7-10-3-5-11(6-4-10)9(2)13;1-8(12)6-9-2-4-10(7-11)5-3-9;;;;/h2-16,23H,17-21H2,1H3;11H,5-9H2,1-4H3;10H,3-7H2,1-2H3;7,9H,2-6H2,1H3;4*1H4. The number of rotatable bonds is 13. The molecule has 74 heavy (non-hydrogen) atoms. The minimum Gasteiger partial charge on any atom is -0.345 e. The van der Waals surface area contributed by atoms with Gasteiger partial charge in [0.1, 0.15) is 23.1 Å². The lowest BCUT2D eigenvalue weighted by Gasteiger charge is -2.48. The number of nitrogens with zero attached hydrogens (tertiary/aromatic N) is 4.